The Morgan fingerprint density at radius 2 is 1.69 bits per heavy atom. The first-order valence-corrected chi connectivity index (χ1v) is 10.5. The van der Waals surface area contributed by atoms with Gasteiger partial charge in [-0.2, -0.15) is 0 Å². The molecule has 2 aromatic rings. The zero-order chi connectivity index (χ0) is 20.2. The number of aromatic nitrogens is 3. The Morgan fingerprint density at radius 3 is 2.41 bits per heavy atom. The highest BCUT2D eigenvalue weighted by Crippen LogP contribution is 2.26. The average Bonchev–Trinajstić information content (AvgIpc) is 2.79. The fraction of sp³-hybridized carbons (Fsp3) is 0.500. The van der Waals surface area contributed by atoms with Crippen LogP contribution in [0, 0.1) is 6.92 Å². The van der Waals surface area contributed by atoms with Crippen molar-refractivity contribution < 1.29 is 9.59 Å². The minimum absolute atomic E-state index is 0.0192. The summed E-state index contributed by atoms with van der Waals surface area (Å²) in [4.78, 5) is 42.5. The van der Waals surface area contributed by atoms with Gasteiger partial charge in [0, 0.05) is 56.3 Å². The molecule has 0 radical (unpaired) electrons. The highest BCUT2D eigenvalue weighted by Gasteiger charge is 2.28. The zero-order valence-electron chi connectivity index (χ0n) is 16.9. The van der Waals surface area contributed by atoms with E-state index < -0.39 is 0 Å². The Kier molecular flexibility index (Phi) is 5.83. The van der Waals surface area contributed by atoms with E-state index in [1.54, 1.807) is 30.7 Å². The number of hydrogen-bond donors (Lipinski definition) is 0. The van der Waals surface area contributed by atoms with Crippen molar-refractivity contribution in [1.82, 2.24) is 24.8 Å². The summed E-state index contributed by atoms with van der Waals surface area (Å²) < 4.78 is 0. The number of amides is 2. The number of hydrogen-bond acceptors (Lipinski definition) is 5. The van der Waals surface area contributed by atoms with E-state index in [1.807, 2.05) is 16.7 Å². The fourth-order valence-corrected chi connectivity index (χ4v) is 4.21. The van der Waals surface area contributed by atoms with Gasteiger partial charge in [0.15, 0.2) is 0 Å². The SMILES string of the molecule is Cc1nc(C2CCCN(C(=O)c3ccncc3)C2)ncc1C(=O)N1CCCCC1. The first-order chi connectivity index (χ1) is 14.1. The molecule has 0 aromatic carbocycles. The van der Waals surface area contributed by atoms with Gasteiger partial charge in [0.05, 0.1) is 11.3 Å². The van der Waals surface area contributed by atoms with E-state index in [1.165, 1.54) is 6.42 Å². The molecule has 7 heteroatoms. The molecule has 4 rings (SSSR count). The molecule has 1 atom stereocenters. The van der Waals surface area contributed by atoms with Crippen LogP contribution in [0.4, 0.5) is 0 Å². The lowest BCUT2D eigenvalue weighted by atomic mass is 9.96. The van der Waals surface area contributed by atoms with Gasteiger partial charge < -0.3 is 9.80 Å². The third-order valence-corrected chi connectivity index (χ3v) is 5.87. The molecule has 0 saturated carbocycles. The minimum Gasteiger partial charge on any atom is -0.339 e. The van der Waals surface area contributed by atoms with Crippen LogP contribution in [0.15, 0.2) is 30.7 Å². The fourth-order valence-electron chi connectivity index (χ4n) is 4.21. The van der Waals surface area contributed by atoms with Crippen LogP contribution in [0.2, 0.25) is 0 Å². The normalized spacial score (nSPS) is 19.8. The Hall–Kier alpha value is -2.83. The highest BCUT2D eigenvalue weighted by molar-refractivity contribution is 5.95. The van der Waals surface area contributed by atoms with Gasteiger partial charge in [-0.1, -0.05) is 0 Å². The molecule has 2 aliphatic rings. The van der Waals surface area contributed by atoms with Gasteiger partial charge in [-0.3, -0.25) is 14.6 Å². The molecule has 29 heavy (non-hydrogen) atoms. The summed E-state index contributed by atoms with van der Waals surface area (Å²) in [5, 5.41) is 0. The molecule has 2 saturated heterocycles. The van der Waals surface area contributed by atoms with E-state index in [4.69, 9.17) is 0 Å². The van der Waals surface area contributed by atoms with Gasteiger partial charge in [0.1, 0.15) is 5.82 Å². The summed E-state index contributed by atoms with van der Waals surface area (Å²) in [5.74, 6) is 0.870. The van der Waals surface area contributed by atoms with E-state index in [0.29, 0.717) is 17.7 Å². The minimum atomic E-state index is 0.0192. The average molecular weight is 393 g/mol. The monoisotopic (exact) mass is 393 g/mol. The van der Waals surface area contributed by atoms with Gasteiger partial charge >= 0.3 is 0 Å². The molecule has 2 fully saturated rings. The van der Waals surface area contributed by atoms with Crippen LogP contribution >= 0.6 is 0 Å². The topological polar surface area (TPSA) is 79.3 Å². The van der Waals surface area contributed by atoms with Crippen LogP contribution in [0.1, 0.15) is 70.3 Å². The molecule has 0 spiro atoms. The van der Waals surface area contributed by atoms with Gasteiger partial charge in [0.25, 0.3) is 11.8 Å². The standard InChI is InChI=1S/C22H27N5O2/c1-16-19(22(29)26-11-3-2-4-12-26)14-24-20(25-16)18-6-5-13-27(15-18)21(28)17-7-9-23-10-8-17/h7-10,14,18H,2-6,11-13,15H2,1H3. The number of piperidine rings is 2. The van der Waals surface area contributed by atoms with Crippen LogP contribution in [-0.2, 0) is 0 Å². The van der Waals surface area contributed by atoms with Gasteiger partial charge in [0.2, 0.25) is 0 Å². The maximum Gasteiger partial charge on any atom is 0.257 e. The number of carbonyl (C=O) groups excluding carboxylic acids is 2. The molecule has 7 nitrogen and oxygen atoms in total. The van der Waals surface area contributed by atoms with Crippen molar-refractivity contribution in [2.45, 2.75) is 44.9 Å². The molecule has 1 unspecified atom stereocenters. The lowest BCUT2D eigenvalue weighted by Crippen LogP contribution is -2.39. The van der Waals surface area contributed by atoms with Crippen molar-refractivity contribution in [1.29, 1.82) is 0 Å². The summed E-state index contributed by atoms with van der Waals surface area (Å²) in [6, 6.07) is 3.49. The third-order valence-electron chi connectivity index (χ3n) is 5.87. The summed E-state index contributed by atoms with van der Waals surface area (Å²) in [7, 11) is 0. The Bertz CT molecular complexity index is 880. The van der Waals surface area contributed by atoms with E-state index in [9.17, 15) is 9.59 Å². The van der Waals surface area contributed by atoms with Crippen LogP contribution in [0.5, 0.6) is 0 Å². The Labute approximate surface area is 171 Å². The Balaban J connectivity index is 1.47. The number of carbonyl (C=O) groups is 2. The number of rotatable bonds is 3. The summed E-state index contributed by atoms with van der Waals surface area (Å²) in [6.45, 7) is 4.84. The van der Waals surface area contributed by atoms with Crippen LogP contribution in [0.3, 0.4) is 0 Å². The predicted molar refractivity (Wildman–Crippen MR) is 109 cm³/mol. The second-order valence-corrected chi connectivity index (χ2v) is 7.91. The second kappa shape index (κ2) is 8.68. The molecule has 4 heterocycles. The molecular weight excluding hydrogens is 366 g/mol. The molecule has 0 bridgehead atoms. The molecule has 2 aliphatic heterocycles. The van der Waals surface area contributed by atoms with E-state index in [-0.39, 0.29) is 17.7 Å². The molecule has 2 amide bonds. The van der Waals surface area contributed by atoms with Crippen molar-refractivity contribution >= 4 is 11.8 Å². The predicted octanol–water partition coefficient (Wildman–Crippen LogP) is 2.83. The molecule has 2 aromatic heterocycles. The van der Waals surface area contributed by atoms with Gasteiger partial charge in [-0.15, -0.1) is 0 Å². The van der Waals surface area contributed by atoms with Crippen molar-refractivity contribution in [3.05, 3.63) is 53.4 Å². The summed E-state index contributed by atoms with van der Waals surface area (Å²) in [6.07, 6.45) is 10.1. The maximum absolute atomic E-state index is 12.8. The first-order valence-electron chi connectivity index (χ1n) is 10.5. The lowest BCUT2D eigenvalue weighted by molar-refractivity contribution is 0.0703. The van der Waals surface area contributed by atoms with Crippen LogP contribution < -0.4 is 0 Å². The van der Waals surface area contributed by atoms with Gasteiger partial charge in [-0.25, -0.2) is 9.97 Å². The zero-order valence-corrected chi connectivity index (χ0v) is 16.9. The number of pyridine rings is 1. The van der Waals surface area contributed by atoms with Crippen molar-refractivity contribution in [2.24, 2.45) is 0 Å². The van der Waals surface area contributed by atoms with Crippen molar-refractivity contribution in [3.63, 3.8) is 0 Å². The number of aryl methyl sites for hydroxylation is 1. The molecule has 152 valence electrons. The number of likely N-dealkylation sites (tertiary alicyclic amines) is 2. The third kappa shape index (κ3) is 4.28. The first kappa shape index (κ1) is 19.5. The maximum atomic E-state index is 12.8. The van der Waals surface area contributed by atoms with E-state index in [2.05, 4.69) is 15.0 Å². The largest absolute Gasteiger partial charge is 0.339 e. The molecule has 0 N–H and O–H groups in total. The molecule has 0 aliphatic carbocycles. The quantitative estimate of drug-likeness (QED) is 0.801. The smallest absolute Gasteiger partial charge is 0.257 e. The summed E-state index contributed by atoms with van der Waals surface area (Å²) in [5.41, 5.74) is 1.97. The number of nitrogens with zero attached hydrogens (tertiary/aromatic N) is 5. The Morgan fingerprint density at radius 1 is 0.966 bits per heavy atom. The second-order valence-electron chi connectivity index (χ2n) is 7.91. The van der Waals surface area contributed by atoms with E-state index in [0.717, 1.165) is 56.8 Å². The van der Waals surface area contributed by atoms with Crippen LogP contribution in [-0.4, -0.2) is 62.7 Å². The van der Waals surface area contributed by atoms with E-state index >= 15 is 0 Å². The summed E-state index contributed by atoms with van der Waals surface area (Å²) >= 11 is 0. The van der Waals surface area contributed by atoms with Crippen LogP contribution in [0.25, 0.3) is 0 Å². The van der Waals surface area contributed by atoms with Crippen molar-refractivity contribution in [2.75, 3.05) is 26.2 Å². The highest BCUT2D eigenvalue weighted by atomic mass is 16.2. The molecular formula is C22H27N5O2. The van der Waals surface area contributed by atoms with Gasteiger partial charge in [-0.05, 0) is 51.2 Å². The lowest BCUT2D eigenvalue weighted by Gasteiger charge is -2.32. The van der Waals surface area contributed by atoms with Crippen molar-refractivity contribution in [3.8, 4) is 0 Å².